The zero-order valence-corrected chi connectivity index (χ0v) is 15.0. The number of para-hydroxylation sites is 3. The first-order valence-corrected chi connectivity index (χ1v) is 8.93. The third-order valence-electron chi connectivity index (χ3n) is 5.38. The minimum absolute atomic E-state index is 0.0661. The monoisotopic (exact) mass is 350 g/mol. The van der Waals surface area contributed by atoms with Gasteiger partial charge in [0, 0.05) is 11.7 Å². The van der Waals surface area contributed by atoms with Crippen LogP contribution in [0.3, 0.4) is 0 Å². The average Bonchev–Trinajstić information content (AvgIpc) is 3.39. The van der Waals surface area contributed by atoms with Crippen molar-refractivity contribution in [2.24, 2.45) is 5.41 Å². The molecule has 1 unspecified atom stereocenters. The van der Waals surface area contributed by atoms with Crippen molar-refractivity contribution in [3.8, 4) is 5.75 Å². The highest BCUT2D eigenvalue weighted by Crippen LogP contribution is 2.50. The van der Waals surface area contributed by atoms with Gasteiger partial charge in [0.25, 0.3) is 0 Å². The molecule has 4 rings (SSSR count). The molecule has 0 spiro atoms. The van der Waals surface area contributed by atoms with Gasteiger partial charge in [0.2, 0.25) is 11.8 Å². The zero-order valence-electron chi connectivity index (χ0n) is 15.0. The van der Waals surface area contributed by atoms with Crippen molar-refractivity contribution in [2.45, 2.75) is 32.2 Å². The highest BCUT2D eigenvalue weighted by atomic mass is 16.5. The second-order valence-corrected chi connectivity index (χ2v) is 7.09. The van der Waals surface area contributed by atoms with Gasteiger partial charge in [0.05, 0.1) is 12.8 Å². The van der Waals surface area contributed by atoms with Gasteiger partial charge in [-0.2, -0.15) is 0 Å². The topological polar surface area (TPSA) is 58.6 Å². The Morgan fingerprint density at radius 3 is 2.54 bits per heavy atom. The Kier molecular flexibility index (Phi) is 3.94. The normalized spacial score (nSPS) is 19.6. The zero-order chi connectivity index (χ0) is 18.3. The number of anilines is 2. The highest BCUT2D eigenvalue weighted by molar-refractivity contribution is 6.18. The first-order valence-electron chi connectivity index (χ1n) is 8.93. The number of ether oxygens (including phenoxy) is 1. The lowest BCUT2D eigenvalue weighted by atomic mass is 10.0. The summed E-state index contributed by atoms with van der Waals surface area (Å²) in [5.41, 5.74) is 1.72. The van der Waals surface area contributed by atoms with E-state index in [1.165, 1.54) is 0 Å². The number of carbonyl (C=O) groups is 2. The Morgan fingerprint density at radius 1 is 1.12 bits per heavy atom. The molecule has 2 aromatic carbocycles. The Balaban J connectivity index is 1.59. The van der Waals surface area contributed by atoms with Crippen molar-refractivity contribution in [3.05, 3.63) is 54.1 Å². The van der Waals surface area contributed by atoms with E-state index in [0.29, 0.717) is 24.3 Å². The summed E-state index contributed by atoms with van der Waals surface area (Å²) in [5.74, 6) is 0.245. The van der Waals surface area contributed by atoms with Crippen molar-refractivity contribution in [1.82, 2.24) is 0 Å². The van der Waals surface area contributed by atoms with Crippen LogP contribution in [0, 0.1) is 5.41 Å². The predicted octanol–water partition coefficient (Wildman–Crippen LogP) is 3.39. The number of benzene rings is 2. The molecule has 26 heavy (non-hydrogen) atoms. The fourth-order valence-electron chi connectivity index (χ4n) is 3.76. The van der Waals surface area contributed by atoms with Crippen LogP contribution in [0.15, 0.2) is 48.5 Å². The maximum atomic E-state index is 13.3. The Hall–Kier alpha value is -2.82. The molecule has 0 saturated heterocycles. The number of hydrogen-bond donors (Lipinski definition) is 1. The van der Waals surface area contributed by atoms with Crippen LogP contribution in [-0.4, -0.2) is 25.0 Å². The van der Waals surface area contributed by atoms with Crippen LogP contribution in [0.4, 0.5) is 11.4 Å². The fourth-order valence-corrected chi connectivity index (χ4v) is 3.76. The predicted molar refractivity (Wildman–Crippen MR) is 100 cm³/mol. The van der Waals surface area contributed by atoms with E-state index in [9.17, 15) is 9.59 Å². The van der Waals surface area contributed by atoms with Gasteiger partial charge in [-0.15, -0.1) is 0 Å². The average molecular weight is 350 g/mol. The van der Waals surface area contributed by atoms with E-state index in [2.05, 4.69) is 5.32 Å². The lowest BCUT2D eigenvalue weighted by molar-refractivity contribution is -0.132. The molecule has 1 saturated carbocycles. The molecule has 1 N–H and O–H groups in total. The molecule has 2 amide bonds. The number of rotatable bonds is 4. The summed E-state index contributed by atoms with van der Waals surface area (Å²) in [6.07, 6.45) is 1.99. The van der Waals surface area contributed by atoms with Crippen LogP contribution in [0.1, 0.15) is 25.3 Å². The van der Waals surface area contributed by atoms with E-state index in [-0.39, 0.29) is 17.9 Å². The van der Waals surface area contributed by atoms with Gasteiger partial charge in [-0.1, -0.05) is 30.3 Å². The van der Waals surface area contributed by atoms with Crippen molar-refractivity contribution in [1.29, 1.82) is 0 Å². The van der Waals surface area contributed by atoms with Crippen molar-refractivity contribution in [2.75, 3.05) is 17.3 Å². The van der Waals surface area contributed by atoms with E-state index >= 15 is 0 Å². The fraction of sp³-hybridized carbons (Fsp3) is 0.333. The first kappa shape index (κ1) is 16.6. The molecule has 1 atom stereocenters. The summed E-state index contributed by atoms with van der Waals surface area (Å²) in [6, 6.07) is 15.2. The van der Waals surface area contributed by atoms with Gasteiger partial charge in [0.1, 0.15) is 11.2 Å². The van der Waals surface area contributed by atoms with Gasteiger partial charge >= 0.3 is 0 Å². The number of nitrogens with zero attached hydrogens (tertiary/aromatic N) is 1. The second-order valence-electron chi connectivity index (χ2n) is 7.09. The standard InChI is InChI=1S/C21H22N2O3/c1-14-13-15-7-3-5-9-17(15)23(14)20(25)21(11-12-21)19(24)22-16-8-4-6-10-18(16)26-2/h3-10,14H,11-13H2,1-2H3,(H,22,24). The molecular weight excluding hydrogens is 328 g/mol. The molecule has 2 aliphatic rings. The first-order chi connectivity index (χ1) is 12.6. The van der Waals surface area contributed by atoms with Crippen LogP contribution in [-0.2, 0) is 16.0 Å². The Morgan fingerprint density at radius 2 is 1.81 bits per heavy atom. The van der Waals surface area contributed by atoms with Gasteiger partial charge in [0.15, 0.2) is 0 Å². The van der Waals surface area contributed by atoms with E-state index in [1.807, 2.05) is 48.2 Å². The number of fused-ring (bicyclic) bond motifs is 1. The molecule has 134 valence electrons. The van der Waals surface area contributed by atoms with Crippen molar-refractivity contribution < 1.29 is 14.3 Å². The summed E-state index contributed by atoms with van der Waals surface area (Å²) < 4.78 is 5.29. The van der Waals surface area contributed by atoms with Crippen molar-refractivity contribution in [3.63, 3.8) is 0 Å². The van der Waals surface area contributed by atoms with E-state index < -0.39 is 5.41 Å². The van der Waals surface area contributed by atoms with Gasteiger partial charge in [-0.05, 0) is 49.9 Å². The molecule has 0 radical (unpaired) electrons. The van der Waals surface area contributed by atoms with Gasteiger partial charge < -0.3 is 15.0 Å². The van der Waals surface area contributed by atoms with Crippen LogP contribution in [0.5, 0.6) is 5.75 Å². The summed E-state index contributed by atoms with van der Waals surface area (Å²) in [7, 11) is 1.56. The molecule has 0 bridgehead atoms. The van der Waals surface area contributed by atoms with Crippen molar-refractivity contribution >= 4 is 23.2 Å². The van der Waals surface area contributed by atoms with Crippen LogP contribution in [0.25, 0.3) is 0 Å². The molecule has 1 fully saturated rings. The van der Waals surface area contributed by atoms with Crippen LogP contribution >= 0.6 is 0 Å². The maximum absolute atomic E-state index is 13.3. The summed E-state index contributed by atoms with van der Waals surface area (Å²) in [6.45, 7) is 2.03. The molecule has 1 aliphatic carbocycles. The number of nitrogens with one attached hydrogen (secondary N) is 1. The second kappa shape index (κ2) is 6.16. The molecular formula is C21H22N2O3. The smallest absolute Gasteiger partial charge is 0.242 e. The quantitative estimate of drug-likeness (QED) is 0.860. The Bertz CT molecular complexity index is 873. The molecule has 1 heterocycles. The summed E-state index contributed by atoms with van der Waals surface area (Å²) in [5, 5.41) is 2.90. The SMILES string of the molecule is COc1ccccc1NC(=O)C1(C(=O)N2c3ccccc3CC2C)CC1. The summed E-state index contributed by atoms with van der Waals surface area (Å²) >= 11 is 0. The highest BCUT2D eigenvalue weighted by Gasteiger charge is 2.59. The largest absolute Gasteiger partial charge is 0.495 e. The number of carbonyl (C=O) groups excluding carboxylic acids is 2. The Labute approximate surface area is 153 Å². The molecule has 0 aromatic heterocycles. The third-order valence-corrected chi connectivity index (χ3v) is 5.38. The van der Waals surface area contributed by atoms with Crippen LogP contribution < -0.4 is 15.0 Å². The maximum Gasteiger partial charge on any atom is 0.242 e. The number of amides is 2. The van der Waals surface area contributed by atoms with E-state index in [4.69, 9.17) is 4.74 Å². The molecule has 5 nitrogen and oxygen atoms in total. The molecule has 1 aliphatic heterocycles. The number of methoxy groups -OCH3 is 1. The minimum Gasteiger partial charge on any atom is -0.495 e. The van der Waals surface area contributed by atoms with Gasteiger partial charge in [-0.3, -0.25) is 9.59 Å². The van der Waals surface area contributed by atoms with Crippen LogP contribution in [0.2, 0.25) is 0 Å². The molecule has 5 heteroatoms. The van der Waals surface area contributed by atoms with E-state index in [0.717, 1.165) is 17.7 Å². The summed E-state index contributed by atoms with van der Waals surface area (Å²) in [4.78, 5) is 28.1. The number of hydrogen-bond acceptors (Lipinski definition) is 3. The third kappa shape index (κ3) is 2.55. The lowest BCUT2D eigenvalue weighted by Crippen LogP contribution is -2.45. The minimum atomic E-state index is -0.966. The lowest BCUT2D eigenvalue weighted by Gasteiger charge is -2.27. The molecule has 2 aromatic rings. The van der Waals surface area contributed by atoms with E-state index in [1.54, 1.807) is 19.2 Å². The van der Waals surface area contributed by atoms with Gasteiger partial charge in [-0.25, -0.2) is 0 Å².